The van der Waals surface area contributed by atoms with Crippen molar-refractivity contribution in [2.75, 3.05) is 0 Å². The summed E-state index contributed by atoms with van der Waals surface area (Å²) in [6, 6.07) is 0. The fourth-order valence-electron chi connectivity index (χ4n) is 0.653. The number of nitrogens with one attached hydrogen (secondary N) is 1. The number of rotatable bonds is 0. The molecular weight excluding hydrogens is 154 g/mol. The Morgan fingerprint density at radius 2 is 2.30 bits per heavy atom. The summed E-state index contributed by atoms with van der Waals surface area (Å²) < 4.78 is 27.7. The van der Waals surface area contributed by atoms with Crippen molar-refractivity contribution in [3.8, 4) is 0 Å². The lowest BCUT2D eigenvalue weighted by molar-refractivity contribution is 0.394. The van der Waals surface area contributed by atoms with Crippen LogP contribution in [0.15, 0.2) is 24.1 Å². The van der Waals surface area contributed by atoms with Crippen LogP contribution in [0.2, 0.25) is 0 Å². The van der Waals surface area contributed by atoms with Crippen molar-refractivity contribution >= 4 is 10.3 Å². The minimum atomic E-state index is -3.60. The summed E-state index contributed by atoms with van der Waals surface area (Å²) in [5, 5.41) is 0. The summed E-state index contributed by atoms with van der Waals surface area (Å²) in [6.45, 7) is 4.96. The smallest absolute Gasteiger partial charge is 0.372 e. The van der Waals surface area contributed by atoms with Crippen LogP contribution in [0.1, 0.15) is 6.92 Å². The van der Waals surface area contributed by atoms with E-state index in [0.29, 0.717) is 11.5 Å². The van der Waals surface area contributed by atoms with Crippen LogP contribution in [-0.4, -0.2) is 8.42 Å². The summed E-state index contributed by atoms with van der Waals surface area (Å²) in [7, 11) is -3.60. The predicted octanol–water partition coefficient (Wildman–Crippen LogP) is 0.269. The normalized spacial score (nSPS) is 22.5. The molecule has 4 nitrogen and oxygen atoms in total. The van der Waals surface area contributed by atoms with Gasteiger partial charge in [-0.05, 0) is 6.92 Å². The highest BCUT2D eigenvalue weighted by atomic mass is 32.2. The summed E-state index contributed by atoms with van der Waals surface area (Å²) in [4.78, 5) is 0. The molecule has 0 aromatic heterocycles. The van der Waals surface area contributed by atoms with Crippen LogP contribution >= 0.6 is 0 Å². The van der Waals surface area contributed by atoms with Crippen molar-refractivity contribution in [3.05, 3.63) is 24.1 Å². The van der Waals surface area contributed by atoms with Crippen LogP contribution in [0.4, 0.5) is 0 Å². The van der Waals surface area contributed by atoms with Crippen molar-refractivity contribution in [1.29, 1.82) is 0 Å². The van der Waals surface area contributed by atoms with E-state index < -0.39 is 10.3 Å². The summed E-state index contributed by atoms with van der Waals surface area (Å²) in [5.41, 5.74) is 0.323. The minimum Gasteiger partial charge on any atom is -0.372 e. The first-order chi connectivity index (χ1) is 4.49. The predicted molar refractivity (Wildman–Crippen MR) is 36.0 cm³/mol. The first kappa shape index (κ1) is 7.14. The molecule has 0 atom stereocenters. The van der Waals surface area contributed by atoms with Gasteiger partial charge in [0.2, 0.25) is 0 Å². The highest BCUT2D eigenvalue weighted by Gasteiger charge is 2.16. The Hall–Kier alpha value is -0.970. The van der Waals surface area contributed by atoms with Gasteiger partial charge in [0.15, 0.2) is 0 Å². The molecule has 0 aromatic rings. The lowest BCUT2D eigenvalue weighted by atomic mass is 10.4. The third-order valence-electron chi connectivity index (χ3n) is 0.875. The molecule has 0 bridgehead atoms. The fraction of sp³-hybridized carbons (Fsp3) is 0.200. The number of hydrogen-bond acceptors (Lipinski definition) is 3. The SMILES string of the molecule is C=C1C=C(C)OS(=O)(=O)N1. The lowest BCUT2D eigenvalue weighted by Crippen LogP contribution is -2.27. The van der Waals surface area contributed by atoms with E-state index in [4.69, 9.17) is 0 Å². The van der Waals surface area contributed by atoms with Gasteiger partial charge >= 0.3 is 10.3 Å². The monoisotopic (exact) mass is 161 g/mol. The molecule has 0 radical (unpaired) electrons. The summed E-state index contributed by atoms with van der Waals surface area (Å²) >= 11 is 0. The van der Waals surface area contributed by atoms with Gasteiger partial charge in [-0.3, -0.25) is 4.72 Å². The molecule has 0 unspecified atom stereocenters. The van der Waals surface area contributed by atoms with Gasteiger partial charge in [0, 0.05) is 11.8 Å². The molecule has 0 saturated heterocycles. The number of allylic oxidation sites excluding steroid dienone is 2. The second-order valence-corrected chi connectivity index (χ2v) is 3.20. The lowest BCUT2D eigenvalue weighted by Gasteiger charge is -2.14. The maximum atomic E-state index is 10.6. The molecule has 0 spiro atoms. The fourth-order valence-corrected chi connectivity index (χ4v) is 1.47. The van der Waals surface area contributed by atoms with Gasteiger partial charge in [0.25, 0.3) is 0 Å². The van der Waals surface area contributed by atoms with E-state index in [1.165, 1.54) is 6.08 Å². The molecule has 0 aliphatic carbocycles. The summed E-state index contributed by atoms with van der Waals surface area (Å²) in [6.07, 6.45) is 1.50. The molecule has 0 amide bonds. The Bertz CT molecular complexity index is 288. The van der Waals surface area contributed by atoms with Crippen LogP contribution in [-0.2, 0) is 14.5 Å². The second kappa shape index (κ2) is 2.02. The van der Waals surface area contributed by atoms with Gasteiger partial charge in [-0.2, -0.15) is 8.42 Å². The van der Waals surface area contributed by atoms with Crippen molar-refractivity contribution in [2.45, 2.75) is 6.92 Å². The molecule has 1 aliphatic heterocycles. The van der Waals surface area contributed by atoms with Gasteiger partial charge < -0.3 is 4.18 Å². The van der Waals surface area contributed by atoms with E-state index in [1.807, 2.05) is 0 Å². The molecule has 1 rings (SSSR count). The van der Waals surface area contributed by atoms with E-state index in [9.17, 15) is 8.42 Å². The Balaban J connectivity index is 3.02. The molecule has 1 N–H and O–H groups in total. The average molecular weight is 161 g/mol. The topological polar surface area (TPSA) is 55.4 Å². The Morgan fingerprint density at radius 1 is 1.70 bits per heavy atom. The van der Waals surface area contributed by atoms with Gasteiger partial charge in [-0.1, -0.05) is 6.58 Å². The van der Waals surface area contributed by atoms with Crippen LogP contribution in [0.25, 0.3) is 0 Å². The van der Waals surface area contributed by atoms with Crippen LogP contribution in [0.3, 0.4) is 0 Å². The molecule has 0 saturated carbocycles. The molecule has 5 heteroatoms. The minimum absolute atomic E-state index is 0.323. The van der Waals surface area contributed by atoms with Crippen molar-refractivity contribution < 1.29 is 12.6 Å². The first-order valence-corrected chi connectivity index (χ1v) is 4.00. The Labute approximate surface area is 59.4 Å². The maximum absolute atomic E-state index is 10.6. The van der Waals surface area contributed by atoms with Gasteiger partial charge in [0.1, 0.15) is 5.76 Å². The molecule has 0 fully saturated rings. The Morgan fingerprint density at radius 3 is 2.70 bits per heavy atom. The third-order valence-corrected chi connectivity index (χ3v) is 1.87. The summed E-state index contributed by atoms with van der Waals surface area (Å²) in [5.74, 6) is 0.323. The van der Waals surface area contributed by atoms with Crippen LogP contribution in [0.5, 0.6) is 0 Å². The zero-order valence-electron chi connectivity index (χ0n) is 5.42. The van der Waals surface area contributed by atoms with E-state index in [-0.39, 0.29) is 0 Å². The van der Waals surface area contributed by atoms with Crippen molar-refractivity contribution in [1.82, 2.24) is 4.72 Å². The quantitative estimate of drug-likeness (QED) is 0.554. The molecular formula is C5H7NO3S. The van der Waals surface area contributed by atoms with E-state index in [2.05, 4.69) is 15.5 Å². The van der Waals surface area contributed by atoms with Crippen molar-refractivity contribution in [2.24, 2.45) is 0 Å². The van der Waals surface area contributed by atoms with E-state index in [1.54, 1.807) is 6.92 Å². The highest BCUT2D eigenvalue weighted by molar-refractivity contribution is 7.85. The molecule has 1 aliphatic rings. The van der Waals surface area contributed by atoms with E-state index in [0.717, 1.165) is 0 Å². The van der Waals surface area contributed by atoms with Crippen LogP contribution < -0.4 is 4.72 Å². The average Bonchev–Trinajstić information content (AvgIpc) is 1.54. The van der Waals surface area contributed by atoms with Crippen molar-refractivity contribution in [3.63, 3.8) is 0 Å². The zero-order valence-corrected chi connectivity index (χ0v) is 6.23. The largest absolute Gasteiger partial charge is 0.407 e. The molecule has 1 heterocycles. The van der Waals surface area contributed by atoms with Gasteiger partial charge in [-0.15, -0.1) is 0 Å². The number of hydrogen-bond donors (Lipinski definition) is 1. The van der Waals surface area contributed by atoms with E-state index >= 15 is 0 Å². The molecule has 10 heavy (non-hydrogen) atoms. The molecule has 56 valence electrons. The Kier molecular flexibility index (Phi) is 1.44. The highest BCUT2D eigenvalue weighted by Crippen LogP contribution is 2.10. The molecule has 0 aromatic carbocycles. The van der Waals surface area contributed by atoms with Crippen LogP contribution in [0, 0.1) is 0 Å². The third kappa shape index (κ3) is 1.51. The maximum Gasteiger partial charge on any atom is 0.407 e. The van der Waals surface area contributed by atoms with Gasteiger partial charge in [0.05, 0.1) is 0 Å². The van der Waals surface area contributed by atoms with Gasteiger partial charge in [-0.25, -0.2) is 0 Å². The first-order valence-electron chi connectivity index (χ1n) is 2.59. The second-order valence-electron chi connectivity index (χ2n) is 1.92. The standard InChI is InChI=1S/C5H7NO3S/c1-4-3-5(2)9-10(7,8)6-4/h3,6H,1H2,2H3. The zero-order chi connectivity index (χ0) is 7.78.